The molecule has 0 bridgehead atoms. The van der Waals surface area contributed by atoms with Crippen LogP contribution < -0.4 is 10.6 Å². The molecule has 0 unspecified atom stereocenters. The molecular weight excluding hydrogens is 323 g/mol. The Balaban J connectivity index is 1.83. The topological polar surface area (TPSA) is 64.3 Å². The number of nitrogens with two attached hydrogens (primary N) is 1. The molecule has 0 saturated carbocycles. The van der Waals surface area contributed by atoms with E-state index in [-0.39, 0.29) is 0 Å². The lowest BCUT2D eigenvalue weighted by atomic mass is 10.1. The fraction of sp³-hybridized carbons (Fsp3) is 0.333. The molecule has 2 N–H and O–H groups in total. The second-order valence-electron chi connectivity index (χ2n) is 5.09. The molecule has 2 aromatic rings. The molecule has 1 saturated heterocycles. The number of ether oxygens (including phenoxy) is 1. The Morgan fingerprint density at radius 3 is 2.59 bits per heavy atom. The van der Waals surface area contributed by atoms with Crippen molar-refractivity contribution >= 4 is 34.8 Å². The van der Waals surface area contributed by atoms with E-state index in [0.717, 1.165) is 24.5 Å². The second-order valence-corrected chi connectivity index (χ2v) is 5.91. The maximum absolute atomic E-state index is 6.04. The van der Waals surface area contributed by atoms with Gasteiger partial charge in [0.1, 0.15) is 17.5 Å². The summed E-state index contributed by atoms with van der Waals surface area (Å²) in [6, 6.07) is 7.30. The van der Waals surface area contributed by atoms with Crippen molar-refractivity contribution in [1.82, 2.24) is 9.97 Å². The Morgan fingerprint density at radius 1 is 1.09 bits per heavy atom. The summed E-state index contributed by atoms with van der Waals surface area (Å²) in [6.45, 7) is 3.02. The van der Waals surface area contributed by atoms with Crippen molar-refractivity contribution in [3.63, 3.8) is 0 Å². The predicted molar refractivity (Wildman–Crippen MR) is 88.7 cm³/mol. The quantitative estimate of drug-likeness (QED) is 0.932. The van der Waals surface area contributed by atoms with Gasteiger partial charge in [-0.3, -0.25) is 0 Å². The van der Waals surface area contributed by atoms with Crippen LogP contribution in [0, 0.1) is 0 Å². The summed E-state index contributed by atoms with van der Waals surface area (Å²) in [7, 11) is 0. The van der Waals surface area contributed by atoms with Crippen LogP contribution in [0.25, 0.3) is 0 Å². The fourth-order valence-corrected chi connectivity index (χ4v) is 2.69. The third-order valence-corrected chi connectivity index (χ3v) is 4.20. The largest absolute Gasteiger partial charge is 0.384 e. The van der Waals surface area contributed by atoms with Gasteiger partial charge in [-0.2, -0.15) is 0 Å². The van der Waals surface area contributed by atoms with Crippen LogP contribution in [0.15, 0.2) is 24.3 Å². The summed E-state index contributed by atoms with van der Waals surface area (Å²) in [6.07, 6.45) is 0.555. The fourth-order valence-electron chi connectivity index (χ4n) is 2.37. The van der Waals surface area contributed by atoms with Crippen LogP contribution in [0.3, 0.4) is 0 Å². The van der Waals surface area contributed by atoms with E-state index < -0.39 is 0 Å². The lowest BCUT2D eigenvalue weighted by Crippen LogP contribution is -2.37. The van der Waals surface area contributed by atoms with Gasteiger partial charge in [-0.25, -0.2) is 9.97 Å². The molecule has 0 radical (unpaired) electrons. The van der Waals surface area contributed by atoms with Gasteiger partial charge in [0.15, 0.2) is 0 Å². The van der Waals surface area contributed by atoms with Gasteiger partial charge < -0.3 is 15.4 Å². The normalized spacial score (nSPS) is 15.1. The highest BCUT2D eigenvalue weighted by Gasteiger charge is 2.14. The lowest BCUT2D eigenvalue weighted by Gasteiger charge is -2.28. The number of hydrogen-bond acceptors (Lipinski definition) is 5. The first-order chi connectivity index (χ1) is 10.6. The zero-order valence-corrected chi connectivity index (χ0v) is 13.4. The monoisotopic (exact) mass is 338 g/mol. The molecule has 0 atom stereocenters. The van der Waals surface area contributed by atoms with E-state index in [0.29, 0.717) is 41.3 Å². The van der Waals surface area contributed by atoms with Crippen LogP contribution in [0.1, 0.15) is 11.4 Å². The standard InChI is InChI=1S/C15H16Cl2N4O/c16-11-2-1-10(7-12(11)17)8-14-19-13(18)9-15(20-14)21-3-5-22-6-4-21/h1-2,7,9H,3-6,8H2,(H2,18,19,20). The minimum atomic E-state index is 0.464. The molecule has 2 heterocycles. The van der Waals surface area contributed by atoms with Crippen LogP contribution in [-0.4, -0.2) is 36.3 Å². The van der Waals surface area contributed by atoms with Crippen molar-refractivity contribution in [3.05, 3.63) is 45.7 Å². The Morgan fingerprint density at radius 2 is 1.86 bits per heavy atom. The molecule has 116 valence electrons. The van der Waals surface area contributed by atoms with E-state index in [9.17, 15) is 0 Å². The highest BCUT2D eigenvalue weighted by atomic mass is 35.5. The number of morpholine rings is 1. The van der Waals surface area contributed by atoms with Crippen molar-refractivity contribution in [2.24, 2.45) is 0 Å². The lowest BCUT2D eigenvalue weighted by molar-refractivity contribution is 0.122. The van der Waals surface area contributed by atoms with Gasteiger partial charge in [-0.05, 0) is 17.7 Å². The molecular formula is C15H16Cl2N4O. The highest BCUT2D eigenvalue weighted by Crippen LogP contribution is 2.24. The first kappa shape index (κ1) is 15.3. The number of rotatable bonds is 3. The van der Waals surface area contributed by atoms with Crippen molar-refractivity contribution < 1.29 is 4.74 Å². The van der Waals surface area contributed by atoms with Crippen molar-refractivity contribution in [1.29, 1.82) is 0 Å². The third kappa shape index (κ3) is 3.61. The molecule has 1 aromatic heterocycles. The maximum atomic E-state index is 6.04. The molecule has 5 nitrogen and oxygen atoms in total. The van der Waals surface area contributed by atoms with Crippen LogP contribution >= 0.6 is 23.2 Å². The number of nitrogens with zero attached hydrogens (tertiary/aromatic N) is 3. The van der Waals surface area contributed by atoms with Gasteiger partial charge in [0.05, 0.1) is 23.3 Å². The summed E-state index contributed by atoms with van der Waals surface area (Å²) in [4.78, 5) is 11.1. The van der Waals surface area contributed by atoms with E-state index in [4.69, 9.17) is 33.7 Å². The number of hydrogen-bond donors (Lipinski definition) is 1. The number of benzene rings is 1. The van der Waals surface area contributed by atoms with Gasteiger partial charge in [0.25, 0.3) is 0 Å². The van der Waals surface area contributed by atoms with E-state index in [1.54, 1.807) is 12.1 Å². The predicted octanol–water partition coefficient (Wildman–Crippen LogP) is 2.79. The Hall–Kier alpha value is -1.56. The zero-order valence-electron chi connectivity index (χ0n) is 11.9. The van der Waals surface area contributed by atoms with E-state index in [2.05, 4.69) is 14.9 Å². The molecule has 1 aromatic carbocycles. The van der Waals surface area contributed by atoms with Crippen LogP contribution in [0.4, 0.5) is 11.6 Å². The minimum Gasteiger partial charge on any atom is -0.384 e. The first-order valence-corrected chi connectivity index (χ1v) is 7.77. The van der Waals surface area contributed by atoms with Crippen LogP contribution in [-0.2, 0) is 11.2 Å². The summed E-state index contributed by atoms with van der Waals surface area (Å²) in [5.41, 5.74) is 6.91. The summed E-state index contributed by atoms with van der Waals surface area (Å²) in [5.74, 6) is 1.97. The average molecular weight is 339 g/mol. The molecule has 1 aliphatic heterocycles. The Kier molecular flexibility index (Phi) is 4.66. The maximum Gasteiger partial charge on any atom is 0.137 e. The molecule has 7 heteroatoms. The van der Waals surface area contributed by atoms with Crippen LogP contribution in [0.5, 0.6) is 0 Å². The molecule has 1 aliphatic rings. The first-order valence-electron chi connectivity index (χ1n) is 7.02. The second kappa shape index (κ2) is 6.69. The zero-order chi connectivity index (χ0) is 15.5. The van der Waals surface area contributed by atoms with Crippen molar-refractivity contribution in [2.45, 2.75) is 6.42 Å². The van der Waals surface area contributed by atoms with Gasteiger partial charge in [-0.15, -0.1) is 0 Å². The Labute approximate surface area is 139 Å². The van der Waals surface area contributed by atoms with E-state index in [1.807, 2.05) is 12.1 Å². The van der Waals surface area contributed by atoms with Gasteiger partial charge >= 0.3 is 0 Å². The van der Waals surface area contributed by atoms with E-state index in [1.165, 1.54) is 0 Å². The minimum absolute atomic E-state index is 0.464. The molecule has 0 amide bonds. The molecule has 3 rings (SSSR count). The molecule has 0 spiro atoms. The summed E-state index contributed by atoms with van der Waals surface area (Å²) >= 11 is 12.0. The number of aromatic nitrogens is 2. The smallest absolute Gasteiger partial charge is 0.137 e. The van der Waals surface area contributed by atoms with Crippen LogP contribution in [0.2, 0.25) is 10.0 Å². The van der Waals surface area contributed by atoms with Crippen molar-refractivity contribution in [3.8, 4) is 0 Å². The summed E-state index contributed by atoms with van der Waals surface area (Å²) < 4.78 is 5.36. The van der Waals surface area contributed by atoms with Crippen molar-refractivity contribution in [2.75, 3.05) is 36.9 Å². The van der Waals surface area contributed by atoms with Gasteiger partial charge in [0.2, 0.25) is 0 Å². The number of anilines is 2. The average Bonchev–Trinajstić information content (AvgIpc) is 2.51. The van der Waals surface area contributed by atoms with E-state index >= 15 is 0 Å². The molecule has 1 fully saturated rings. The Bertz CT molecular complexity index is 675. The molecule has 22 heavy (non-hydrogen) atoms. The highest BCUT2D eigenvalue weighted by molar-refractivity contribution is 6.42. The number of nitrogen functional groups attached to an aromatic ring is 1. The van der Waals surface area contributed by atoms with Gasteiger partial charge in [-0.1, -0.05) is 29.3 Å². The number of halogens is 2. The SMILES string of the molecule is Nc1cc(N2CCOCC2)nc(Cc2ccc(Cl)c(Cl)c2)n1. The van der Waals surface area contributed by atoms with Gasteiger partial charge in [0, 0.05) is 25.6 Å². The molecule has 0 aliphatic carbocycles. The third-order valence-electron chi connectivity index (χ3n) is 3.46. The summed E-state index contributed by atoms with van der Waals surface area (Å²) in [5, 5.41) is 1.06.